The third kappa shape index (κ3) is 2.05. The van der Waals surface area contributed by atoms with Gasteiger partial charge >= 0.3 is 0 Å². The van der Waals surface area contributed by atoms with Crippen LogP contribution in [0.1, 0.15) is 41.3 Å². The highest BCUT2D eigenvalue weighted by Gasteiger charge is 2.26. The monoisotopic (exact) mass is 268 g/mol. The Balaban J connectivity index is 2.16. The molecule has 1 atom stereocenters. The van der Waals surface area contributed by atoms with E-state index in [9.17, 15) is 4.79 Å². The third-order valence-corrected chi connectivity index (χ3v) is 3.69. The Morgan fingerprint density at radius 1 is 1.10 bits per heavy atom. The first-order chi connectivity index (χ1) is 9.68. The van der Waals surface area contributed by atoms with Crippen molar-refractivity contribution in [2.45, 2.75) is 19.8 Å². The lowest BCUT2D eigenvalue weighted by Crippen LogP contribution is -2.06. The normalized spacial score (nSPS) is 14.1. The Hall–Kier alpha value is -2.29. The van der Waals surface area contributed by atoms with Crippen LogP contribution in [0.4, 0.5) is 0 Å². The molecule has 3 nitrogen and oxygen atoms in total. The predicted molar refractivity (Wildman–Crippen MR) is 76.5 cm³/mol. The van der Waals surface area contributed by atoms with Gasteiger partial charge in [-0.25, -0.2) is 0 Å². The first-order valence-electron chi connectivity index (χ1n) is 6.67. The molecule has 0 aliphatic carbocycles. The Bertz CT molecular complexity index is 647. The third-order valence-electron chi connectivity index (χ3n) is 3.69. The average Bonchev–Trinajstić information content (AvgIpc) is 2.94. The van der Waals surface area contributed by atoms with E-state index >= 15 is 0 Å². The summed E-state index contributed by atoms with van der Waals surface area (Å²) in [7, 11) is 0. The fourth-order valence-corrected chi connectivity index (χ4v) is 2.64. The lowest BCUT2D eigenvalue weighted by molar-refractivity contribution is 0.101. The van der Waals surface area contributed by atoms with Crippen molar-refractivity contribution >= 4 is 5.78 Å². The summed E-state index contributed by atoms with van der Waals surface area (Å²) in [4.78, 5) is 11.9. The van der Waals surface area contributed by atoms with Crippen LogP contribution in [0.2, 0.25) is 0 Å². The highest BCUT2D eigenvalue weighted by molar-refractivity contribution is 5.97. The van der Waals surface area contributed by atoms with Crippen molar-refractivity contribution in [2.24, 2.45) is 0 Å². The van der Waals surface area contributed by atoms with E-state index in [1.807, 2.05) is 24.3 Å². The number of hydrogen-bond donors (Lipinski definition) is 0. The molecule has 0 radical (unpaired) electrons. The first-order valence-corrected chi connectivity index (χ1v) is 6.67. The molecule has 3 heteroatoms. The summed E-state index contributed by atoms with van der Waals surface area (Å²) in [5.41, 5.74) is 2.77. The fraction of sp³-hybridized carbons (Fsp3) is 0.235. The molecule has 0 amide bonds. The van der Waals surface area contributed by atoms with E-state index in [1.54, 1.807) is 13.0 Å². The van der Waals surface area contributed by atoms with E-state index in [0.29, 0.717) is 17.1 Å². The summed E-state index contributed by atoms with van der Waals surface area (Å²) in [5.74, 6) is 1.54. The molecule has 1 aliphatic heterocycles. The van der Waals surface area contributed by atoms with Gasteiger partial charge in [-0.1, -0.05) is 37.3 Å². The molecule has 20 heavy (non-hydrogen) atoms. The Morgan fingerprint density at radius 3 is 2.55 bits per heavy atom. The summed E-state index contributed by atoms with van der Waals surface area (Å²) < 4.78 is 11.0. The van der Waals surface area contributed by atoms with Gasteiger partial charge in [0.1, 0.15) is 0 Å². The zero-order valence-corrected chi connectivity index (χ0v) is 11.6. The van der Waals surface area contributed by atoms with Gasteiger partial charge in [0.25, 0.3) is 0 Å². The highest BCUT2D eigenvalue weighted by atomic mass is 16.7. The van der Waals surface area contributed by atoms with Crippen LogP contribution in [0.5, 0.6) is 11.5 Å². The van der Waals surface area contributed by atoms with Crippen molar-refractivity contribution in [1.29, 1.82) is 0 Å². The number of hydrogen-bond acceptors (Lipinski definition) is 3. The van der Waals surface area contributed by atoms with Crippen molar-refractivity contribution in [3.05, 3.63) is 59.2 Å². The maximum absolute atomic E-state index is 11.9. The van der Waals surface area contributed by atoms with E-state index in [0.717, 1.165) is 11.1 Å². The molecule has 1 unspecified atom stereocenters. The SMILES string of the molecule is CC(=O)c1ccc2c(c1C(C)c1ccccc1)OCO2. The number of fused-ring (bicyclic) bond motifs is 1. The lowest BCUT2D eigenvalue weighted by Gasteiger charge is -2.18. The molecule has 0 spiro atoms. The minimum atomic E-state index is 0.0427. The number of ketones is 1. The van der Waals surface area contributed by atoms with E-state index < -0.39 is 0 Å². The number of Topliss-reactive ketones (excluding diaryl/α,β-unsaturated/α-hetero) is 1. The molecular formula is C17H16O3. The summed E-state index contributed by atoms with van der Waals surface area (Å²) in [5, 5.41) is 0. The molecule has 0 N–H and O–H groups in total. The second-order valence-electron chi connectivity index (χ2n) is 4.95. The van der Waals surface area contributed by atoms with Crippen LogP contribution in [0.25, 0.3) is 0 Å². The summed E-state index contributed by atoms with van der Waals surface area (Å²) in [6.07, 6.45) is 0. The summed E-state index contributed by atoms with van der Waals surface area (Å²) in [6, 6.07) is 13.7. The van der Waals surface area contributed by atoms with E-state index in [4.69, 9.17) is 9.47 Å². The van der Waals surface area contributed by atoms with Crippen molar-refractivity contribution < 1.29 is 14.3 Å². The highest BCUT2D eigenvalue weighted by Crippen LogP contribution is 2.43. The Labute approximate surface area is 118 Å². The van der Waals surface area contributed by atoms with Crippen molar-refractivity contribution in [1.82, 2.24) is 0 Å². The zero-order chi connectivity index (χ0) is 14.1. The van der Waals surface area contributed by atoms with Crippen LogP contribution >= 0.6 is 0 Å². The molecule has 0 aromatic heterocycles. The number of benzene rings is 2. The topological polar surface area (TPSA) is 35.5 Å². The van der Waals surface area contributed by atoms with Gasteiger partial charge in [0.05, 0.1) is 0 Å². The van der Waals surface area contributed by atoms with Gasteiger partial charge in [-0.3, -0.25) is 4.79 Å². The van der Waals surface area contributed by atoms with Gasteiger partial charge < -0.3 is 9.47 Å². The van der Waals surface area contributed by atoms with Crippen LogP contribution < -0.4 is 9.47 Å². The van der Waals surface area contributed by atoms with E-state index in [2.05, 4.69) is 19.1 Å². The number of carbonyl (C=O) groups excluding carboxylic acids is 1. The number of carbonyl (C=O) groups is 1. The lowest BCUT2D eigenvalue weighted by atomic mass is 9.87. The molecule has 102 valence electrons. The molecule has 1 heterocycles. The smallest absolute Gasteiger partial charge is 0.231 e. The van der Waals surface area contributed by atoms with Crippen LogP contribution in [0, 0.1) is 0 Å². The molecule has 0 saturated heterocycles. The number of ether oxygens (including phenoxy) is 2. The van der Waals surface area contributed by atoms with Gasteiger partial charge in [-0.05, 0) is 24.6 Å². The second-order valence-corrected chi connectivity index (χ2v) is 4.95. The van der Waals surface area contributed by atoms with Crippen LogP contribution in [0.15, 0.2) is 42.5 Å². The van der Waals surface area contributed by atoms with Crippen LogP contribution in [0.3, 0.4) is 0 Å². The molecule has 0 saturated carbocycles. The molecule has 2 aromatic rings. The minimum absolute atomic E-state index is 0.0427. The largest absolute Gasteiger partial charge is 0.454 e. The maximum Gasteiger partial charge on any atom is 0.231 e. The average molecular weight is 268 g/mol. The van der Waals surface area contributed by atoms with Crippen molar-refractivity contribution in [3.8, 4) is 11.5 Å². The molecule has 2 aromatic carbocycles. The van der Waals surface area contributed by atoms with Gasteiger partial charge in [0.15, 0.2) is 17.3 Å². The van der Waals surface area contributed by atoms with Gasteiger partial charge in [0.2, 0.25) is 6.79 Å². The minimum Gasteiger partial charge on any atom is -0.454 e. The first kappa shape index (κ1) is 12.7. The molecule has 0 bridgehead atoms. The molecule has 0 fully saturated rings. The molecule has 3 rings (SSSR count). The van der Waals surface area contributed by atoms with Crippen LogP contribution in [-0.4, -0.2) is 12.6 Å². The van der Waals surface area contributed by atoms with E-state index in [1.165, 1.54) is 0 Å². The summed E-state index contributed by atoms with van der Waals surface area (Å²) in [6.45, 7) is 3.88. The zero-order valence-electron chi connectivity index (χ0n) is 11.6. The van der Waals surface area contributed by atoms with Gasteiger partial charge in [0, 0.05) is 17.0 Å². The van der Waals surface area contributed by atoms with Gasteiger partial charge in [-0.15, -0.1) is 0 Å². The standard InChI is InChI=1S/C17H16O3/c1-11(13-6-4-3-5-7-13)16-14(12(2)18)8-9-15-17(16)20-10-19-15/h3-9,11H,10H2,1-2H3. The van der Waals surface area contributed by atoms with E-state index in [-0.39, 0.29) is 18.5 Å². The molecular weight excluding hydrogens is 252 g/mol. The quantitative estimate of drug-likeness (QED) is 0.795. The maximum atomic E-state index is 11.9. The van der Waals surface area contributed by atoms with Crippen LogP contribution in [-0.2, 0) is 0 Å². The van der Waals surface area contributed by atoms with Crippen molar-refractivity contribution in [3.63, 3.8) is 0 Å². The Kier molecular flexibility index (Phi) is 3.18. The Morgan fingerprint density at radius 2 is 1.85 bits per heavy atom. The number of rotatable bonds is 3. The molecule has 1 aliphatic rings. The summed E-state index contributed by atoms with van der Waals surface area (Å²) >= 11 is 0. The predicted octanol–water partition coefficient (Wildman–Crippen LogP) is 3.77. The van der Waals surface area contributed by atoms with Crippen molar-refractivity contribution in [2.75, 3.05) is 6.79 Å². The second kappa shape index (κ2) is 5.00. The van der Waals surface area contributed by atoms with Gasteiger partial charge in [-0.2, -0.15) is 0 Å². The fourth-order valence-electron chi connectivity index (χ4n) is 2.64.